The van der Waals surface area contributed by atoms with Gasteiger partial charge in [-0.25, -0.2) is 9.67 Å². The molecule has 2 aliphatic rings. The summed E-state index contributed by atoms with van der Waals surface area (Å²) >= 11 is 6.10. The van der Waals surface area contributed by atoms with Crippen molar-refractivity contribution in [2.45, 2.75) is 44.4 Å². The Balaban J connectivity index is 1.79. The SMILES string of the molecule is CC1(O)CCN(c2nn(C3CCCCO3)c3cc(Cl)ncc23)C1. The van der Waals surface area contributed by atoms with E-state index in [1.54, 1.807) is 6.20 Å². The molecule has 2 saturated heterocycles. The molecule has 124 valence electrons. The Morgan fingerprint density at radius 1 is 1.43 bits per heavy atom. The number of β-amino-alcohol motifs (C(OH)–C–C–N with tert-alkyl or cyclic N) is 1. The summed E-state index contributed by atoms with van der Waals surface area (Å²) in [6, 6.07) is 1.85. The van der Waals surface area contributed by atoms with Crippen molar-refractivity contribution in [1.29, 1.82) is 0 Å². The Morgan fingerprint density at radius 3 is 3.00 bits per heavy atom. The first kappa shape index (κ1) is 15.2. The Hall–Kier alpha value is -1.37. The largest absolute Gasteiger partial charge is 0.388 e. The average Bonchev–Trinajstić information content (AvgIpc) is 3.08. The van der Waals surface area contributed by atoms with E-state index in [-0.39, 0.29) is 6.23 Å². The molecule has 6 nitrogen and oxygen atoms in total. The fourth-order valence-corrected chi connectivity index (χ4v) is 3.64. The van der Waals surface area contributed by atoms with Gasteiger partial charge in [-0.3, -0.25) is 0 Å². The predicted octanol–water partition coefficient (Wildman–Crippen LogP) is 2.74. The summed E-state index contributed by atoms with van der Waals surface area (Å²) in [6.07, 6.45) is 5.64. The number of nitrogens with zero attached hydrogens (tertiary/aromatic N) is 4. The van der Waals surface area contributed by atoms with E-state index in [9.17, 15) is 5.11 Å². The van der Waals surface area contributed by atoms with E-state index in [0.29, 0.717) is 11.7 Å². The second kappa shape index (κ2) is 5.61. The van der Waals surface area contributed by atoms with Gasteiger partial charge in [0.25, 0.3) is 0 Å². The van der Waals surface area contributed by atoms with Gasteiger partial charge >= 0.3 is 0 Å². The Bertz CT molecular complexity index is 724. The molecular formula is C16H21ClN4O2. The fourth-order valence-electron chi connectivity index (χ4n) is 3.49. The van der Waals surface area contributed by atoms with Gasteiger partial charge in [0.15, 0.2) is 12.0 Å². The van der Waals surface area contributed by atoms with Gasteiger partial charge in [0.05, 0.1) is 16.5 Å². The second-order valence-electron chi connectivity index (χ2n) is 6.78. The zero-order valence-electron chi connectivity index (χ0n) is 13.2. The molecule has 2 fully saturated rings. The van der Waals surface area contributed by atoms with Crippen molar-refractivity contribution in [3.8, 4) is 0 Å². The van der Waals surface area contributed by atoms with Crippen molar-refractivity contribution in [1.82, 2.24) is 14.8 Å². The molecule has 0 amide bonds. The van der Waals surface area contributed by atoms with E-state index in [2.05, 4.69) is 9.88 Å². The highest BCUT2D eigenvalue weighted by molar-refractivity contribution is 6.30. The highest BCUT2D eigenvalue weighted by Crippen LogP contribution is 2.35. The smallest absolute Gasteiger partial charge is 0.160 e. The first-order valence-electron chi connectivity index (χ1n) is 8.16. The van der Waals surface area contributed by atoms with Crippen LogP contribution in [0.3, 0.4) is 0 Å². The number of rotatable bonds is 2. The van der Waals surface area contributed by atoms with Crippen LogP contribution >= 0.6 is 11.6 Å². The van der Waals surface area contributed by atoms with Crippen molar-refractivity contribution < 1.29 is 9.84 Å². The standard InChI is InChI=1S/C16H21ClN4O2/c1-16(22)5-6-20(10-16)15-11-9-18-13(17)8-12(11)21(19-15)14-4-2-3-7-23-14/h8-9,14,22H,2-7,10H2,1H3. The highest BCUT2D eigenvalue weighted by atomic mass is 35.5. The van der Waals surface area contributed by atoms with Gasteiger partial charge in [-0.05, 0) is 32.6 Å². The molecule has 7 heteroatoms. The number of hydrogen-bond donors (Lipinski definition) is 1. The molecule has 1 N–H and O–H groups in total. The van der Waals surface area contributed by atoms with Crippen LogP contribution in [0.25, 0.3) is 10.9 Å². The molecule has 23 heavy (non-hydrogen) atoms. The normalized spacial score (nSPS) is 28.7. The van der Waals surface area contributed by atoms with Gasteiger partial charge in [0.1, 0.15) is 5.15 Å². The minimum atomic E-state index is -0.669. The Morgan fingerprint density at radius 2 is 2.30 bits per heavy atom. The summed E-state index contributed by atoms with van der Waals surface area (Å²) < 4.78 is 7.83. The highest BCUT2D eigenvalue weighted by Gasteiger charge is 2.34. The lowest BCUT2D eigenvalue weighted by Gasteiger charge is -2.23. The fraction of sp³-hybridized carbons (Fsp3) is 0.625. The quantitative estimate of drug-likeness (QED) is 0.854. The number of fused-ring (bicyclic) bond motifs is 1. The summed E-state index contributed by atoms with van der Waals surface area (Å²) in [5.41, 5.74) is 0.274. The topological polar surface area (TPSA) is 63.4 Å². The summed E-state index contributed by atoms with van der Waals surface area (Å²) in [5, 5.41) is 16.5. The molecule has 2 aliphatic heterocycles. The van der Waals surface area contributed by atoms with Gasteiger partial charge in [-0.15, -0.1) is 0 Å². The van der Waals surface area contributed by atoms with Crippen LogP contribution in [0.1, 0.15) is 38.8 Å². The average molecular weight is 337 g/mol. The second-order valence-corrected chi connectivity index (χ2v) is 7.17. The molecule has 0 bridgehead atoms. The van der Waals surface area contributed by atoms with Crippen LogP contribution in [0, 0.1) is 0 Å². The summed E-state index contributed by atoms with van der Waals surface area (Å²) in [5.74, 6) is 0.858. The van der Waals surface area contributed by atoms with E-state index in [4.69, 9.17) is 21.4 Å². The molecule has 0 aliphatic carbocycles. The number of aromatic nitrogens is 3. The number of ether oxygens (including phenoxy) is 1. The third-order valence-electron chi connectivity index (χ3n) is 4.72. The lowest BCUT2D eigenvalue weighted by atomic mass is 10.1. The minimum Gasteiger partial charge on any atom is -0.388 e. The first-order valence-corrected chi connectivity index (χ1v) is 8.54. The van der Waals surface area contributed by atoms with Crippen LogP contribution in [0.5, 0.6) is 0 Å². The molecule has 0 spiro atoms. The zero-order valence-corrected chi connectivity index (χ0v) is 14.0. The molecule has 2 aromatic rings. The number of anilines is 1. The van der Waals surface area contributed by atoms with E-state index in [1.165, 1.54) is 0 Å². The van der Waals surface area contributed by atoms with Crippen LogP contribution < -0.4 is 4.90 Å². The molecule has 2 unspecified atom stereocenters. The number of hydrogen-bond acceptors (Lipinski definition) is 5. The molecule has 4 heterocycles. The third kappa shape index (κ3) is 2.79. The molecule has 2 atom stereocenters. The van der Waals surface area contributed by atoms with Gasteiger partial charge in [0, 0.05) is 32.0 Å². The molecule has 4 rings (SSSR count). The van der Waals surface area contributed by atoms with Crippen molar-refractivity contribution in [3.63, 3.8) is 0 Å². The number of halogens is 1. The Kier molecular flexibility index (Phi) is 3.70. The number of aliphatic hydroxyl groups is 1. The molecule has 0 aromatic carbocycles. The summed E-state index contributed by atoms with van der Waals surface area (Å²) in [6.45, 7) is 3.99. The van der Waals surface area contributed by atoms with E-state index in [0.717, 1.165) is 55.6 Å². The lowest BCUT2D eigenvalue weighted by Crippen LogP contribution is -2.30. The van der Waals surface area contributed by atoms with E-state index >= 15 is 0 Å². The van der Waals surface area contributed by atoms with Crippen LogP contribution in [-0.4, -0.2) is 45.2 Å². The van der Waals surface area contributed by atoms with Crippen LogP contribution in [0.2, 0.25) is 5.15 Å². The van der Waals surface area contributed by atoms with Gasteiger partial charge in [0.2, 0.25) is 0 Å². The maximum absolute atomic E-state index is 10.3. The van der Waals surface area contributed by atoms with E-state index < -0.39 is 5.60 Å². The maximum Gasteiger partial charge on any atom is 0.160 e. The van der Waals surface area contributed by atoms with Crippen LogP contribution in [-0.2, 0) is 4.74 Å². The molecular weight excluding hydrogens is 316 g/mol. The van der Waals surface area contributed by atoms with Gasteiger partial charge < -0.3 is 14.7 Å². The maximum atomic E-state index is 10.3. The van der Waals surface area contributed by atoms with Gasteiger partial charge in [-0.2, -0.15) is 5.10 Å². The van der Waals surface area contributed by atoms with Crippen molar-refractivity contribution in [2.75, 3.05) is 24.6 Å². The van der Waals surface area contributed by atoms with Crippen LogP contribution in [0.4, 0.5) is 5.82 Å². The molecule has 0 radical (unpaired) electrons. The zero-order chi connectivity index (χ0) is 16.0. The monoisotopic (exact) mass is 336 g/mol. The lowest BCUT2D eigenvalue weighted by molar-refractivity contribution is -0.0365. The summed E-state index contributed by atoms with van der Waals surface area (Å²) in [4.78, 5) is 6.34. The number of pyridine rings is 1. The van der Waals surface area contributed by atoms with Crippen molar-refractivity contribution >= 4 is 28.3 Å². The predicted molar refractivity (Wildman–Crippen MR) is 88.8 cm³/mol. The summed E-state index contributed by atoms with van der Waals surface area (Å²) in [7, 11) is 0. The third-order valence-corrected chi connectivity index (χ3v) is 4.93. The van der Waals surface area contributed by atoms with Crippen molar-refractivity contribution in [2.24, 2.45) is 0 Å². The van der Waals surface area contributed by atoms with Gasteiger partial charge in [-0.1, -0.05) is 11.6 Å². The van der Waals surface area contributed by atoms with Crippen molar-refractivity contribution in [3.05, 3.63) is 17.4 Å². The molecule has 0 saturated carbocycles. The Labute approximate surface area is 140 Å². The molecule has 2 aromatic heterocycles. The van der Waals surface area contributed by atoms with Crippen LogP contribution in [0.15, 0.2) is 12.3 Å². The van der Waals surface area contributed by atoms with E-state index in [1.807, 2.05) is 17.7 Å². The minimum absolute atomic E-state index is 0.0541. The first-order chi connectivity index (χ1) is 11.0.